The molecular formula is C11H17N3O5S. The predicted molar refractivity (Wildman–Crippen MR) is 69.5 cm³/mol. The van der Waals surface area contributed by atoms with Gasteiger partial charge in [-0.05, 0) is 0 Å². The lowest BCUT2D eigenvalue weighted by atomic mass is 10.00. The number of amides is 1. The first-order valence-electron chi connectivity index (χ1n) is 6.52. The van der Waals surface area contributed by atoms with Crippen LogP contribution in [0.5, 0.6) is 0 Å². The molecule has 0 aromatic rings. The Morgan fingerprint density at radius 3 is 2.75 bits per heavy atom. The smallest absolute Gasteiger partial charge is 0.272 e. The first-order valence-corrected chi connectivity index (χ1v) is 8.37. The van der Waals surface area contributed by atoms with E-state index in [2.05, 4.69) is 5.16 Å². The Labute approximate surface area is 118 Å². The van der Waals surface area contributed by atoms with Gasteiger partial charge in [-0.1, -0.05) is 9.36 Å². The van der Waals surface area contributed by atoms with E-state index in [9.17, 15) is 13.6 Å². The molecule has 3 aliphatic heterocycles. The molecule has 0 aliphatic carbocycles. The van der Waals surface area contributed by atoms with Gasteiger partial charge in [0, 0.05) is 13.1 Å². The van der Waals surface area contributed by atoms with Crippen LogP contribution in [0, 0.1) is 5.92 Å². The van der Waals surface area contributed by atoms with E-state index in [0.29, 0.717) is 32.0 Å². The number of oxime groups is 1. The molecule has 0 aromatic carbocycles. The first-order chi connectivity index (χ1) is 9.47. The molecule has 0 spiro atoms. The van der Waals surface area contributed by atoms with Gasteiger partial charge in [-0.3, -0.25) is 4.79 Å². The molecular weight excluding hydrogens is 286 g/mol. The Morgan fingerprint density at radius 2 is 2.10 bits per heavy atom. The summed E-state index contributed by atoms with van der Waals surface area (Å²) in [5.41, 5.74) is 0.336. The summed E-state index contributed by atoms with van der Waals surface area (Å²) in [7, 11) is -3.27. The quantitative estimate of drug-likeness (QED) is 0.591. The predicted octanol–water partition coefficient (Wildman–Crippen LogP) is -1.29. The number of carbonyl (C=O) groups is 1. The highest BCUT2D eigenvalue weighted by molar-refractivity contribution is 7.94. The van der Waals surface area contributed by atoms with E-state index in [1.54, 1.807) is 4.90 Å². The fourth-order valence-electron chi connectivity index (χ4n) is 2.70. The van der Waals surface area contributed by atoms with E-state index >= 15 is 0 Å². The summed E-state index contributed by atoms with van der Waals surface area (Å²) in [6.45, 7) is 2.62. The molecule has 3 aliphatic rings. The van der Waals surface area contributed by atoms with Crippen LogP contribution in [0.25, 0.3) is 0 Å². The SMILES string of the molecule is C[S+](=O)([O-])N1CC2ON=C(C(=O)N3CCOCC3)C2C1. The van der Waals surface area contributed by atoms with Crippen molar-refractivity contribution in [3.05, 3.63) is 0 Å². The number of morpholine rings is 1. The fraction of sp³-hybridized carbons (Fsp3) is 0.818. The number of ether oxygens (including phenoxy) is 1. The average Bonchev–Trinajstić information content (AvgIpc) is 2.98. The van der Waals surface area contributed by atoms with E-state index in [1.807, 2.05) is 0 Å². The Hall–Kier alpha value is -1.03. The lowest BCUT2D eigenvalue weighted by Gasteiger charge is -2.27. The number of rotatable bonds is 2. The van der Waals surface area contributed by atoms with Crippen molar-refractivity contribution in [3.8, 4) is 0 Å². The molecule has 112 valence electrons. The summed E-state index contributed by atoms with van der Waals surface area (Å²) in [5, 5.41) is 3.87. The third-order valence-corrected chi connectivity index (χ3v) is 5.09. The van der Waals surface area contributed by atoms with Crippen molar-refractivity contribution in [1.82, 2.24) is 9.21 Å². The van der Waals surface area contributed by atoms with Crippen molar-refractivity contribution in [2.75, 3.05) is 45.6 Å². The van der Waals surface area contributed by atoms with Crippen LogP contribution in [0.15, 0.2) is 5.16 Å². The monoisotopic (exact) mass is 303 g/mol. The van der Waals surface area contributed by atoms with Crippen molar-refractivity contribution in [2.45, 2.75) is 6.10 Å². The summed E-state index contributed by atoms with van der Waals surface area (Å²) in [6, 6.07) is 0. The maximum atomic E-state index is 12.4. The second kappa shape index (κ2) is 5.06. The largest absolute Gasteiger partial charge is 0.598 e. The first kappa shape index (κ1) is 13.9. The van der Waals surface area contributed by atoms with Crippen LogP contribution in [-0.2, 0) is 29.0 Å². The van der Waals surface area contributed by atoms with Crippen LogP contribution >= 0.6 is 0 Å². The van der Waals surface area contributed by atoms with Gasteiger partial charge in [-0.2, -0.15) is 0 Å². The average molecular weight is 303 g/mol. The molecule has 2 saturated heterocycles. The second-order valence-electron chi connectivity index (χ2n) is 5.21. The summed E-state index contributed by atoms with van der Waals surface area (Å²) in [4.78, 5) is 19.3. The van der Waals surface area contributed by atoms with Gasteiger partial charge in [0.05, 0.1) is 32.2 Å². The minimum atomic E-state index is -3.27. The van der Waals surface area contributed by atoms with E-state index in [1.165, 1.54) is 4.31 Å². The summed E-state index contributed by atoms with van der Waals surface area (Å²) >= 11 is 0. The van der Waals surface area contributed by atoms with Crippen LogP contribution in [-0.4, -0.2) is 77.1 Å². The normalized spacial score (nSPS) is 33.3. The molecule has 0 saturated carbocycles. The molecule has 0 radical (unpaired) electrons. The lowest BCUT2D eigenvalue weighted by molar-refractivity contribution is -0.128. The van der Waals surface area contributed by atoms with Crippen LogP contribution in [0.3, 0.4) is 0 Å². The molecule has 2 fully saturated rings. The van der Waals surface area contributed by atoms with E-state index < -0.39 is 10.4 Å². The Balaban J connectivity index is 1.70. The summed E-state index contributed by atoms with van der Waals surface area (Å²) in [5.74, 6) is -0.434. The zero-order valence-electron chi connectivity index (χ0n) is 11.2. The number of sulfonamides is 1. The molecule has 1 amide bonds. The molecule has 20 heavy (non-hydrogen) atoms. The van der Waals surface area contributed by atoms with E-state index in [4.69, 9.17) is 9.57 Å². The van der Waals surface area contributed by atoms with Crippen molar-refractivity contribution < 1.29 is 23.1 Å². The molecule has 0 bridgehead atoms. The molecule has 3 heterocycles. The van der Waals surface area contributed by atoms with E-state index in [0.717, 1.165) is 6.26 Å². The Kier molecular flexibility index (Phi) is 3.53. The molecule has 3 atom stereocenters. The van der Waals surface area contributed by atoms with Crippen molar-refractivity contribution in [2.24, 2.45) is 11.1 Å². The molecule has 0 N–H and O–H groups in total. The lowest BCUT2D eigenvalue weighted by Crippen LogP contribution is -2.46. The maximum Gasteiger partial charge on any atom is 0.272 e. The van der Waals surface area contributed by atoms with E-state index in [-0.39, 0.29) is 31.0 Å². The Bertz CT molecular complexity index is 484. The third kappa shape index (κ3) is 2.46. The minimum absolute atomic E-state index is 0.170. The zero-order chi connectivity index (χ0) is 14.3. The zero-order valence-corrected chi connectivity index (χ0v) is 12.0. The maximum absolute atomic E-state index is 12.4. The highest BCUT2D eigenvalue weighted by Gasteiger charge is 2.49. The number of nitrogens with zero attached hydrogens (tertiary/aromatic N) is 3. The van der Waals surface area contributed by atoms with Gasteiger partial charge in [-0.15, -0.1) is 4.31 Å². The van der Waals surface area contributed by atoms with Crippen LogP contribution in [0.4, 0.5) is 0 Å². The van der Waals surface area contributed by atoms with Gasteiger partial charge in [0.1, 0.15) is 16.7 Å². The molecule has 0 aromatic heterocycles. The van der Waals surface area contributed by atoms with Crippen molar-refractivity contribution in [3.63, 3.8) is 0 Å². The van der Waals surface area contributed by atoms with Gasteiger partial charge in [-0.25, -0.2) is 0 Å². The van der Waals surface area contributed by atoms with Crippen molar-refractivity contribution >= 4 is 22.0 Å². The van der Waals surface area contributed by atoms with Crippen LogP contribution < -0.4 is 0 Å². The molecule has 8 nitrogen and oxygen atoms in total. The summed E-state index contributed by atoms with van der Waals surface area (Å²) in [6.07, 6.45) is 0.819. The van der Waals surface area contributed by atoms with Gasteiger partial charge in [0.25, 0.3) is 5.91 Å². The molecule has 3 rings (SSSR count). The summed E-state index contributed by atoms with van der Waals surface area (Å²) < 4.78 is 29.7. The molecule has 9 heteroatoms. The third-order valence-electron chi connectivity index (χ3n) is 3.86. The van der Waals surface area contributed by atoms with Gasteiger partial charge >= 0.3 is 0 Å². The van der Waals surface area contributed by atoms with Gasteiger partial charge < -0.3 is 19.0 Å². The minimum Gasteiger partial charge on any atom is -0.598 e. The van der Waals surface area contributed by atoms with Crippen molar-refractivity contribution in [1.29, 1.82) is 0 Å². The molecule has 3 unspecified atom stereocenters. The van der Waals surface area contributed by atoms with Gasteiger partial charge in [0.15, 0.2) is 11.8 Å². The fourth-order valence-corrected chi connectivity index (χ4v) is 3.55. The number of hydrogen-bond donors (Lipinski definition) is 0. The highest BCUT2D eigenvalue weighted by atomic mass is 32.3. The standard InChI is InChI=1S/C11H17N3O5S/c1-20(16,17)14-6-8-9(7-14)19-12-10(8)11(15)13-2-4-18-5-3-13/h8-9H,2-7H2,1H3. The Morgan fingerprint density at radius 1 is 1.40 bits per heavy atom. The highest BCUT2D eigenvalue weighted by Crippen LogP contribution is 2.30. The second-order valence-corrected chi connectivity index (χ2v) is 7.19. The number of fused-ring (bicyclic) bond motifs is 1. The van der Waals surface area contributed by atoms with Crippen LogP contribution in [0.1, 0.15) is 0 Å². The number of carbonyl (C=O) groups excluding carboxylic acids is 1. The van der Waals surface area contributed by atoms with Gasteiger partial charge in [0.2, 0.25) is 0 Å². The van der Waals surface area contributed by atoms with Crippen LogP contribution in [0.2, 0.25) is 0 Å². The topological polar surface area (TPSA) is 94.5 Å². The number of hydrogen-bond acceptors (Lipinski definition) is 6.